The molecule has 0 unspecified atom stereocenters. The molecule has 1 amide bonds. The summed E-state index contributed by atoms with van der Waals surface area (Å²) in [5, 5.41) is 0. The van der Waals surface area contributed by atoms with Crippen molar-refractivity contribution < 1.29 is 27.4 Å². The molecule has 1 aromatic carbocycles. The molecule has 0 saturated carbocycles. The molecule has 0 saturated heterocycles. The fraction of sp³-hybridized carbons (Fsp3) is 0.438. The number of benzene rings is 1. The van der Waals surface area contributed by atoms with Gasteiger partial charge in [-0.2, -0.15) is 13.2 Å². The Kier molecular flexibility index (Phi) is 6.93. The molecule has 0 aliphatic rings. The second kappa shape index (κ2) is 8.45. The lowest BCUT2D eigenvalue weighted by atomic mass is 10.1. The van der Waals surface area contributed by atoms with Crippen molar-refractivity contribution >= 4 is 5.91 Å². The van der Waals surface area contributed by atoms with Crippen LogP contribution in [0, 0.1) is 0 Å². The number of alkyl halides is 3. The highest BCUT2D eigenvalue weighted by Crippen LogP contribution is 2.28. The number of nitrogens with zero attached hydrogens (tertiary/aromatic N) is 1. The average Bonchev–Trinajstić information content (AvgIpc) is 2.50. The van der Waals surface area contributed by atoms with Gasteiger partial charge in [0.2, 0.25) is 5.91 Å². The third-order valence-electron chi connectivity index (χ3n) is 3.15. The molecule has 0 aliphatic carbocycles. The van der Waals surface area contributed by atoms with Crippen molar-refractivity contribution in [2.24, 2.45) is 0 Å². The van der Waals surface area contributed by atoms with E-state index in [1.54, 1.807) is 18.2 Å². The first kappa shape index (κ1) is 18.9. The summed E-state index contributed by atoms with van der Waals surface area (Å²) in [4.78, 5) is 12.7. The maximum Gasteiger partial charge on any atom is 0.406 e. The zero-order chi connectivity index (χ0) is 17.5. The monoisotopic (exact) mass is 331 g/mol. The molecule has 1 aromatic rings. The third kappa shape index (κ3) is 6.22. The number of rotatable bonds is 8. The molecule has 0 aromatic heterocycles. The number of methoxy groups -OCH3 is 2. The number of carbonyl (C=O) groups excluding carboxylic acids is 1. The molecule has 0 heterocycles. The lowest BCUT2D eigenvalue weighted by Crippen LogP contribution is -2.39. The number of hydrogen-bond acceptors (Lipinski definition) is 3. The average molecular weight is 331 g/mol. The summed E-state index contributed by atoms with van der Waals surface area (Å²) < 4.78 is 47.7. The summed E-state index contributed by atoms with van der Waals surface area (Å²) in [5.41, 5.74) is 0.779. The highest BCUT2D eigenvalue weighted by atomic mass is 19.4. The van der Waals surface area contributed by atoms with Crippen molar-refractivity contribution in [3.05, 3.63) is 36.4 Å². The molecule has 23 heavy (non-hydrogen) atoms. The van der Waals surface area contributed by atoms with Crippen molar-refractivity contribution in [1.82, 2.24) is 4.90 Å². The zero-order valence-corrected chi connectivity index (χ0v) is 13.2. The second-order valence-corrected chi connectivity index (χ2v) is 4.87. The summed E-state index contributed by atoms with van der Waals surface area (Å²) >= 11 is 0. The van der Waals surface area contributed by atoms with E-state index in [-0.39, 0.29) is 13.0 Å². The first-order chi connectivity index (χ1) is 10.8. The van der Waals surface area contributed by atoms with Gasteiger partial charge in [-0.25, -0.2) is 0 Å². The Morgan fingerprint density at radius 2 is 1.91 bits per heavy atom. The van der Waals surface area contributed by atoms with Crippen molar-refractivity contribution in [2.45, 2.75) is 19.0 Å². The molecule has 0 fully saturated rings. The van der Waals surface area contributed by atoms with Crippen LogP contribution in [0.5, 0.6) is 11.5 Å². The van der Waals surface area contributed by atoms with Crippen LogP contribution >= 0.6 is 0 Å². The SMILES string of the molecule is C=CCN(CC(F)(F)F)C(=O)CCc1ccc(OC)c(OC)c1. The molecular weight excluding hydrogens is 311 g/mol. The van der Waals surface area contributed by atoms with Crippen LogP contribution < -0.4 is 9.47 Å². The van der Waals surface area contributed by atoms with Gasteiger partial charge in [-0.15, -0.1) is 6.58 Å². The summed E-state index contributed by atoms with van der Waals surface area (Å²) in [7, 11) is 2.99. The quantitative estimate of drug-likeness (QED) is 0.687. The van der Waals surface area contributed by atoms with Crippen LogP contribution in [0.1, 0.15) is 12.0 Å². The number of hydrogen-bond donors (Lipinski definition) is 0. The van der Waals surface area contributed by atoms with Gasteiger partial charge in [0.25, 0.3) is 0 Å². The van der Waals surface area contributed by atoms with E-state index in [0.717, 1.165) is 10.5 Å². The van der Waals surface area contributed by atoms with Crippen molar-refractivity contribution in [1.29, 1.82) is 0 Å². The van der Waals surface area contributed by atoms with Gasteiger partial charge in [0.05, 0.1) is 14.2 Å². The lowest BCUT2D eigenvalue weighted by molar-refractivity contribution is -0.160. The largest absolute Gasteiger partial charge is 0.493 e. The third-order valence-corrected chi connectivity index (χ3v) is 3.15. The molecule has 128 valence electrons. The van der Waals surface area contributed by atoms with Crippen LogP contribution in [0.4, 0.5) is 13.2 Å². The van der Waals surface area contributed by atoms with Gasteiger partial charge >= 0.3 is 6.18 Å². The van der Waals surface area contributed by atoms with Gasteiger partial charge in [0, 0.05) is 13.0 Å². The van der Waals surface area contributed by atoms with E-state index in [1.165, 1.54) is 20.3 Å². The summed E-state index contributed by atoms with van der Waals surface area (Å²) in [6.45, 7) is 1.97. The number of amides is 1. The van der Waals surface area contributed by atoms with Gasteiger partial charge in [-0.1, -0.05) is 12.1 Å². The van der Waals surface area contributed by atoms with Crippen LogP contribution in [0.2, 0.25) is 0 Å². The molecule has 0 spiro atoms. The highest BCUT2D eigenvalue weighted by Gasteiger charge is 2.32. The molecule has 0 radical (unpaired) electrons. The lowest BCUT2D eigenvalue weighted by Gasteiger charge is -2.22. The second-order valence-electron chi connectivity index (χ2n) is 4.87. The van der Waals surface area contributed by atoms with Gasteiger partial charge < -0.3 is 14.4 Å². The van der Waals surface area contributed by atoms with Crippen LogP contribution in [-0.4, -0.2) is 44.3 Å². The topological polar surface area (TPSA) is 38.8 Å². The molecule has 7 heteroatoms. The first-order valence-electron chi connectivity index (χ1n) is 6.97. The van der Waals surface area contributed by atoms with Crippen molar-refractivity contribution in [2.75, 3.05) is 27.3 Å². The van der Waals surface area contributed by atoms with Gasteiger partial charge in [0.1, 0.15) is 6.54 Å². The molecule has 0 aliphatic heterocycles. The summed E-state index contributed by atoms with van der Waals surface area (Å²) in [6.07, 6.45) is -2.87. The van der Waals surface area contributed by atoms with E-state index in [9.17, 15) is 18.0 Å². The number of aryl methyl sites for hydroxylation is 1. The van der Waals surface area contributed by atoms with Crippen molar-refractivity contribution in [3.63, 3.8) is 0 Å². The smallest absolute Gasteiger partial charge is 0.406 e. The Labute approximate surface area is 133 Å². The Bertz CT molecular complexity index is 544. The minimum atomic E-state index is -4.43. The van der Waals surface area contributed by atoms with E-state index in [4.69, 9.17) is 9.47 Å². The van der Waals surface area contributed by atoms with E-state index < -0.39 is 18.6 Å². The normalized spacial score (nSPS) is 11.0. The van der Waals surface area contributed by atoms with Gasteiger partial charge in [-0.05, 0) is 24.1 Å². The standard InChI is InChI=1S/C16H20F3NO3/c1-4-9-20(11-16(17,18)19)15(21)8-6-12-5-7-13(22-2)14(10-12)23-3/h4-5,7,10H,1,6,8-9,11H2,2-3H3. The Morgan fingerprint density at radius 1 is 1.26 bits per heavy atom. The van der Waals surface area contributed by atoms with Crippen LogP contribution in [0.3, 0.4) is 0 Å². The van der Waals surface area contributed by atoms with Crippen molar-refractivity contribution in [3.8, 4) is 11.5 Å². The van der Waals surface area contributed by atoms with Gasteiger partial charge in [0.15, 0.2) is 11.5 Å². The van der Waals surface area contributed by atoms with Crippen LogP contribution in [-0.2, 0) is 11.2 Å². The van der Waals surface area contributed by atoms with E-state index in [0.29, 0.717) is 17.9 Å². The number of carbonyl (C=O) groups is 1. The fourth-order valence-corrected chi connectivity index (χ4v) is 2.07. The summed E-state index contributed by atoms with van der Waals surface area (Å²) in [5.74, 6) is 0.487. The number of halogens is 3. The maximum atomic E-state index is 12.5. The zero-order valence-electron chi connectivity index (χ0n) is 13.2. The van der Waals surface area contributed by atoms with Crippen LogP contribution in [0.15, 0.2) is 30.9 Å². The summed E-state index contributed by atoms with van der Waals surface area (Å²) in [6, 6.07) is 5.14. The van der Waals surface area contributed by atoms with E-state index >= 15 is 0 Å². The molecule has 0 atom stereocenters. The Morgan fingerprint density at radius 3 is 2.43 bits per heavy atom. The molecule has 0 bridgehead atoms. The maximum absolute atomic E-state index is 12.5. The predicted molar refractivity (Wildman–Crippen MR) is 80.7 cm³/mol. The Hall–Kier alpha value is -2.18. The fourth-order valence-electron chi connectivity index (χ4n) is 2.07. The predicted octanol–water partition coefficient (Wildman–Crippen LogP) is 3.21. The van der Waals surface area contributed by atoms with E-state index in [1.807, 2.05) is 0 Å². The van der Waals surface area contributed by atoms with Gasteiger partial charge in [-0.3, -0.25) is 4.79 Å². The molecular formula is C16H20F3NO3. The highest BCUT2D eigenvalue weighted by molar-refractivity contribution is 5.76. The molecule has 0 N–H and O–H groups in total. The molecule has 4 nitrogen and oxygen atoms in total. The molecule has 1 rings (SSSR count). The number of ether oxygens (including phenoxy) is 2. The van der Waals surface area contributed by atoms with Crippen LogP contribution in [0.25, 0.3) is 0 Å². The minimum absolute atomic E-state index is 0.0284. The minimum Gasteiger partial charge on any atom is -0.493 e. The van der Waals surface area contributed by atoms with E-state index in [2.05, 4.69) is 6.58 Å². The first-order valence-corrected chi connectivity index (χ1v) is 6.97. The Balaban J connectivity index is 2.71.